The number of ether oxygens (including phenoxy) is 1. The normalized spacial score (nSPS) is 22.7. The van der Waals surface area contributed by atoms with Crippen LogP contribution >= 0.6 is 0 Å². The van der Waals surface area contributed by atoms with E-state index in [4.69, 9.17) is 4.74 Å². The third-order valence-electron chi connectivity index (χ3n) is 6.33. The quantitative estimate of drug-likeness (QED) is 0.567. The molecular weight excluding hydrogens is 482 g/mol. The van der Waals surface area contributed by atoms with Gasteiger partial charge in [-0.25, -0.2) is 8.78 Å². The zero-order valence-corrected chi connectivity index (χ0v) is 21.4. The van der Waals surface area contributed by atoms with Crippen molar-refractivity contribution < 1.29 is 27.9 Å². The number of hydrogen-bond acceptors (Lipinski definition) is 5. The number of likely N-dealkylation sites (N-methyl/N-ethyl adjacent to an activating group) is 1. The van der Waals surface area contributed by atoms with Crippen LogP contribution in [0, 0.1) is 11.6 Å². The second kappa shape index (κ2) is 13.1. The molecule has 0 spiro atoms. The summed E-state index contributed by atoms with van der Waals surface area (Å²) in [5.74, 6) is -1.60. The van der Waals surface area contributed by atoms with Crippen LogP contribution in [0.1, 0.15) is 31.4 Å². The van der Waals surface area contributed by atoms with Gasteiger partial charge in [0.05, 0.1) is 6.54 Å². The largest absolute Gasteiger partial charge is 0.489 e. The molecule has 0 aromatic heterocycles. The molecule has 2 aromatic rings. The van der Waals surface area contributed by atoms with Crippen LogP contribution in [0.15, 0.2) is 42.5 Å². The van der Waals surface area contributed by atoms with Gasteiger partial charge < -0.3 is 25.6 Å². The maximum absolute atomic E-state index is 13.9. The lowest BCUT2D eigenvalue weighted by atomic mass is 10.0. The summed E-state index contributed by atoms with van der Waals surface area (Å²) in [5.41, 5.74) is 1.47. The van der Waals surface area contributed by atoms with Gasteiger partial charge in [0.15, 0.2) is 0 Å². The van der Waals surface area contributed by atoms with Gasteiger partial charge in [0.1, 0.15) is 35.6 Å². The minimum Gasteiger partial charge on any atom is -0.489 e. The van der Waals surface area contributed by atoms with Crippen molar-refractivity contribution in [1.29, 1.82) is 0 Å². The Morgan fingerprint density at radius 2 is 1.70 bits per heavy atom. The molecule has 3 atom stereocenters. The number of fused-ring (bicyclic) bond motifs is 1. The molecule has 10 heteroatoms. The summed E-state index contributed by atoms with van der Waals surface area (Å²) in [4.78, 5) is 40.0. The summed E-state index contributed by atoms with van der Waals surface area (Å²) in [6, 6.07) is 8.29. The molecule has 2 aromatic carbocycles. The average molecular weight is 517 g/mol. The molecule has 3 rings (SSSR count). The highest BCUT2D eigenvalue weighted by molar-refractivity contribution is 5.92. The van der Waals surface area contributed by atoms with Gasteiger partial charge in [-0.15, -0.1) is 0 Å². The van der Waals surface area contributed by atoms with Gasteiger partial charge in [-0.1, -0.05) is 18.2 Å². The molecule has 0 bridgehead atoms. The fourth-order valence-electron chi connectivity index (χ4n) is 3.97. The van der Waals surface area contributed by atoms with Crippen LogP contribution in [-0.4, -0.2) is 67.5 Å². The van der Waals surface area contributed by atoms with Crippen molar-refractivity contribution >= 4 is 17.7 Å². The van der Waals surface area contributed by atoms with Crippen LogP contribution < -0.4 is 20.7 Å². The predicted octanol–water partition coefficient (Wildman–Crippen LogP) is 1.96. The van der Waals surface area contributed by atoms with E-state index in [1.807, 2.05) is 6.92 Å². The van der Waals surface area contributed by atoms with Crippen LogP contribution in [0.25, 0.3) is 0 Å². The number of halogens is 2. The maximum atomic E-state index is 13.9. The van der Waals surface area contributed by atoms with E-state index in [9.17, 15) is 23.2 Å². The highest BCUT2D eigenvalue weighted by atomic mass is 19.1. The van der Waals surface area contributed by atoms with Gasteiger partial charge >= 0.3 is 0 Å². The number of carbonyl (C=O) groups excluding carboxylic acids is 3. The number of nitrogens with one attached hydrogen (secondary N) is 3. The van der Waals surface area contributed by atoms with E-state index in [2.05, 4.69) is 16.0 Å². The Balaban J connectivity index is 1.80. The average Bonchev–Trinajstić information content (AvgIpc) is 2.86. The maximum Gasteiger partial charge on any atom is 0.243 e. The van der Waals surface area contributed by atoms with Crippen molar-refractivity contribution in [3.05, 3.63) is 65.2 Å². The van der Waals surface area contributed by atoms with Crippen molar-refractivity contribution in [2.75, 3.05) is 26.7 Å². The lowest BCUT2D eigenvalue weighted by Crippen LogP contribution is -2.54. The molecule has 1 aliphatic heterocycles. The molecule has 37 heavy (non-hydrogen) atoms. The van der Waals surface area contributed by atoms with Crippen molar-refractivity contribution in [1.82, 2.24) is 20.9 Å². The monoisotopic (exact) mass is 516 g/mol. The van der Waals surface area contributed by atoms with Gasteiger partial charge in [0.2, 0.25) is 17.7 Å². The molecule has 3 N–H and O–H groups in total. The van der Waals surface area contributed by atoms with Crippen molar-refractivity contribution in [2.45, 2.75) is 51.3 Å². The summed E-state index contributed by atoms with van der Waals surface area (Å²) in [7, 11) is 1.51. The summed E-state index contributed by atoms with van der Waals surface area (Å²) in [6.45, 7) is 4.02. The topological polar surface area (TPSA) is 99.8 Å². The minimum atomic E-state index is -0.925. The molecule has 3 amide bonds. The number of carbonyl (C=O) groups is 3. The van der Waals surface area contributed by atoms with E-state index in [0.29, 0.717) is 37.2 Å². The zero-order valence-electron chi connectivity index (χ0n) is 21.4. The summed E-state index contributed by atoms with van der Waals surface area (Å²) < 4.78 is 33.2. The molecule has 0 unspecified atom stereocenters. The van der Waals surface area contributed by atoms with Gasteiger partial charge in [0.25, 0.3) is 0 Å². The Hall–Kier alpha value is -3.53. The Kier molecular flexibility index (Phi) is 9.96. The number of amides is 3. The smallest absolute Gasteiger partial charge is 0.243 e. The van der Waals surface area contributed by atoms with Crippen molar-refractivity contribution in [2.24, 2.45) is 0 Å². The van der Waals surface area contributed by atoms with Crippen LogP contribution in [0.5, 0.6) is 5.75 Å². The third kappa shape index (κ3) is 8.24. The second-order valence-corrected chi connectivity index (χ2v) is 9.28. The molecular formula is C27H34F2N4O4. The fraction of sp³-hybridized carbons (Fsp3) is 0.444. The lowest BCUT2D eigenvalue weighted by molar-refractivity contribution is -0.138. The first-order chi connectivity index (χ1) is 17.6. The highest BCUT2D eigenvalue weighted by Gasteiger charge is 2.27. The van der Waals surface area contributed by atoms with Crippen LogP contribution in [-0.2, 0) is 27.2 Å². The van der Waals surface area contributed by atoms with Crippen LogP contribution in [0.3, 0.4) is 0 Å². The highest BCUT2D eigenvalue weighted by Crippen LogP contribution is 2.22. The molecule has 0 fully saturated rings. The third-order valence-corrected chi connectivity index (χ3v) is 6.33. The number of benzene rings is 2. The second-order valence-electron chi connectivity index (χ2n) is 9.28. The molecule has 0 radical (unpaired) electrons. The van der Waals surface area contributed by atoms with E-state index in [1.54, 1.807) is 25.1 Å². The molecule has 0 aliphatic carbocycles. The Bertz CT molecular complexity index is 1100. The number of aryl methyl sites for hydroxylation is 1. The van der Waals surface area contributed by atoms with Gasteiger partial charge in [0, 0.05) is 32.6 Å². The minimum absolute atomic E-state index is 0.0304. The Morgan fingerprint density at radius 1 is 1.00 bits per heavy atom. The molecule has 0 saturated heterocycles. The van der Waals surface area contributed by atoms with Crippen molar-refractivity contribution in [3.63, 3.8) is 0 Å². The zero-order chi connectivity index (χ0) is 26.9. The molecule has 0 saturated carbocycles. The summed E-state index contributed by atoms with van der Waals surface area (Å²) >= 11 is 0. The molecule has 1 heterocycles. The summed E-state index contributed by atoms with van der Waals surface area (Å²) in [6.07, 6.45) is 0.902. The van der Waals surface area contributed by atoms with E-state index < -0.39 is 35.5 Å². The molecule has 1 aliphatic rings. The first-order valence-corrected chi connectivity index (χ1v) is 12.4. The fourth-order valence-corrected chi connectivity index (χ4v) is 3.97. The lowest BCUT2D eigenvalue weighted by Gasteiger charge is -2.27. The number of hydrogen-bond donors (Lipinski definition) is 3. The van der Waals surface area contributed by atoms with Gasteiger partial charge in [-0.2, -0.15) is 0 Å². The van der Waals surface area contributed by atoms with Crippen LogP contribution in [0.2, 0.25) is 0 Å². The van der Waals surface area contributed by atoms with E-state index in [-0.39, 0.29) is 25.0 Å². The van der Waals surface area contributed by atoms with Crippen LogP contribution in [0.4, 0.5) is 8.78 Å². The predicted molar refractivity (Wildman–Crippen MR) is 135 cm³/mol. The number of nitrogens with zero attached hydrogens (tertiary/aromatic N) is 1. The Labute approximate surface area is 215 Å². The summed E-state index contributed by atoms with van der Waals surface area (Å²) in [5, 5.41) is 8.60. The van der Waals surface area contributed by atoms with E-state index >= 15 is 0 Å². The van der Waals surface area contributed by atoms with Gasteiger partial charge in [-0.3, -0.25) is 14.4 Å². The van der Waals surface area contributed by atoms with Gasteiger partial charge in [-0.05, 0) is 56.0 Å². The van der Waals surface area contributed by atoms with E-state index in [1.165, 1.54) is 36.2 Å². The number of rotatable bonds is 2. The SMILES string of the molecule is C[C@@H]1CNCC(=O)N(C)[C@H](C)C(=O)N[C@H](Cc2ccc(F)cc2)C(=O)NCCCc2ccc(F)cc2O1. The van der Waals surface area contributed by atoms with E-state index in [0.717, 1.165) is 5.56 Å². The molecule has 200 valence electrons. The standard InChI is InChI=1S/C27H34F2N4O4/c1-17-15-30-16-25(34)33(3)18(2)26(35)32-23(13-19-6-9-21(28)10-7-19)27(36)31-12-4-5-20-8-11-22(29)14-24(20)37-17/h6-11,14,17-18,23,30H,4-5,12-13,15-16H2,1-3H3,(H,31,36)(H,32,35)/t17-,18-,23-/m1/s1. The first kappa shape index (κ1) is 28.0. The first-order valence-electron chi connectivity index (χ1n) is 12.4. The van der Waals surface area contributed by atoms with Crippen molar-refractivity contribution in [3.8, 4) is 5.75 Å². The molecule has 8 nitrogen and oxygen atoms in total. The Morgan fingerprint density at radius 3 is 2.43 bits per heavy atom.